The first-order valence-electron chi connectivity index (χ1n) is 12.1. The normalized spacial score (nSPS) is 15.9. The zero-order valence-corrected chi connectivity index (χ0v) is 20.5. The van der Waals surface area contributed by atoms with Crippen LogP contribution in [0.15, 0.2) is 61.1 Å². The summed E-state index contributed by atoms with van der Waals surface area (Å²) in [5, 5.41) is 10.2. The van der Waals surface area contributed by atoms with Crippen LogP contribution in [0.3, 0.4) is 0 Å². The Morgan fingerprint density at radius 1 is 1.11 bits per heavy atom. The summed E-state index contributed by atoms with van der Waals surface area (Å²) < 4.78 is 16.9. The number of pyridine rings is 2. The zero-order valence-electron chi connectivity index (χ0n) is 20.5. The van der Waals surface area contributed by atoms with E-state index in [0.29, 0.717) is 42.1 Å². The van der Waals surface area contributed by atoms with E-state index in [4.69, 9.17) is 4.98 Å². The van der Waals surface area contributed by atoms with Crippen molar-refractivity contribution in [3.8, 4) is 23.0 Å². The number of hydrogen-bond acceptors (Lipinski definition) is 5. The number of carbonyl (C=O) groups excluding carboxylic acids is 1. The van der Waals surface area contributed by atoms with Gasteiger partial charge in [-0.25, -0.2) is 14.4 Å². The molecule has 0 spiro atoms. The van der Waals surface area contributed by atoms with E-state index in [0.717, 1.165) is 16.7 Å². The topological polar surface area (TPSA) is 78.0 Å². The van der Waals surface area contributed by atoms with Crippen molar-refractivity contribution < 1.29 is 9.18 Å². The molecule has 0 unspecified atom stereocenters. The van der Waals surface area contributed by atoms with Crippen LogP contribution in [0.2, 0.25) is 0 Å². The molecule has 0 radical (unpaired) electrons. The molecule has 0 N–H and O–H groups in total. The maximum Gasteiger partial charge on any atom is 0.225 e. The summed E-state index contributed by atoms with van der Waals surface area (Å²) in [5.41, 5.74) is 2.47. The number of rotatable bonds is 4. The SMILES string of the molecule is CC(C)C(=O)N1CCN(c2nccc3c2c(-c2ccccc2F)cn3-c2cc(C#N)ccn2)[C@@H](C)C1. The van der Waals surface area contributed by atoms with Gasteiger partial charge in [0.25, 0.3) is 0 Å². The molecular weight excluding hydrogens is 455 g/mol. The molecule has 1 aliphatic rings. The minimum absolute atomic E-state index is 0.0245. The summed E-state index contributed by atoms with van der Waals surface area (Å²) in [7, 11) is 0. The summed E-state index contributed by atoms with van der Waals surface area (Å²) in [6.45, 7) is 7.73. The molecule has 1 aromatic carbocycles. The molecular formula is C28H27FN6O. The predicted molar refractivity (Wildman–Crippen MR) is 137 cm³/mol. The van der Waals surface area contributed by atoms with Crippen LogP contribution >= 0.6 is 0 Å². The lowest BCUT2D eigenvalue weighted by molar-refractivity contribution is -0.135. The number of piperazine rings is 1. The van der Waals surface area contributed by atoms with Gasteiger partial charge in [-0.15, -0.1) is 0 Å². The minimum atomic E-state index is -0.328. The van der Waals surface area contributed by atoms with Crippen molar-refractivity contribution in [2.45, 2.75) is 26.8 Å². The van der Waals surface area contributed by atoms with Gasteiger partial charge in [0, 0.05) is 61.3 Å². The van der Waals surface area contributed by atoms with Gasteiger partial charge < -0.3 is 14.4 Å². The quantitative estimate of drug-likeness (QED) is 0.418. The first kappa shape index (κ1) is 23.5. The smallest absolute Gasteiger partial charge is 0.225 e. The van der Waals surface area contributed by atoms with Crippen molar-refractivity contribution in [2.75, 3.05) is 24.5 Å². The van der Waals surface area contributed by atoms with E-state index in [2.05, 4.69) is 22.9 Å². The van der Waals surface area contributed by atoms with Crippen LogP contribution in [0.1, 0.15) is 26.3 Å². The highest BCUT2D eigenvalue weighted by molar-refractivity contribution is 6.04. The fourth-order valence-electron chi connectivity index (χ4n) is 4.91. The van der Waals surface area contributed by atoms with Crippen LogP contribution in [0, 0.1) is 23.1 Å². The van der Waals surface area contributed by atoms with Gasteiger partial charge in [0.2, 0.25) is 5.91 Å². The number of anilines is 1. The molecule has 182 valence electrons. The molecule has 8 heteroatoms. The molecule has 1 fully saturated rings. The lowest BCUT2D eigenvalue weighted by atomic mass is 10.0. The van der Waals surface area contributed by atoms with E-state index in [1.54, 1.807) is 36.7 Å². The fourth-order valence-corrected chi connectivity index (χ4v) is 4.91. The van der Waals surface area contributed by atoms with E-state index in [-0.39, 0.29) is 23.7 Å². The molecule has 1 amide bonds. The molecule has 1 saturated heterocycles. The number of nitrogens with zero attached hydrogens (tertiary/aromatic N) is 6. The first-order chi connectivity index (χ1) is 17.4. The summed E-state index contributed by atoms with van der Waals surface area (Å²) in [6, 6.07) is 14.1. The van der Waals surface area contributed by atoms with Crippen molar-refractivity contribution in [2.24, 2.45) is 5.92 Å². The molecule has 4 aromatic rings. The maximum absolute atomic E-state index is 15.1. The average molecular weight is 483 g/mol. The first-order valence-corrected chi connectivity index (χ1v) is 12.1. The molecule has 5 rings (SSSR count). The van der Waals surface area contributed by atoms with Gasteiger partial charge in [-0.3, -0.25) is 4.79 Å². The van der Waals surface area contributed by atoms with Crippen LogP contribution in [-0.4, -0.2) is 51.0 Å². The van der Waals surface area contributed by atoms with Gasteiger partial charge in [0.1, 0.15) is 17.5 Å². The summed E-state index contributed by atoms with van der Waals surface area (Å²) in [5.74, 6) is 1.08. The van der Waals surface area contributed by atoms with Crippen LogP contribution in [0.4, 0.5) is 10.2 Å². The highest BCUT2D eigenvalue weighted by atomic mass is 19.1. The van der Waals surface area contributed by atoms with E-state index in [1.807, 2.05) is 41.6 Å². The molecule has 7 nitrogen and oxygen atoms in total. The van der Waals surface area contributed by atoms with Gasteiger partial charge in [-0.05, 0) is 31.2 Å². The minimum Gasteiger partial charge on any atom is -0.350 e. The van der Waals surface area contributed by atoms with E-state index >= 15 is 4.39 Å². The average Bonchev–Trinajstić information content (AvgIpc) is 3.28. The number of carbonyl (C=O) groups is 1. The van der Waals surface area contributed by atoms with Crippen molar-refractivity contribution in [1.29, 1.82) is 5.26 Å². The number of fused-ring (bicyclic) bond motifs is 1. The maximum atomic E-state index is 15.1. The second-order valence-corrected chi connectivity index (χ2v) is 9.42. The predicted octanol–water partition coefficient (Wildman–Crippen LogP) is 4.79. The van der Waals surface area contributed by atoms with Gasteiger partial charge in [-0.1, -0.05) is 32.0 Å². The highest BCUT2D eigenvalue weighted by Gasteiger charge is 2.31. The second-order valence-electron chi connectivity index (χ2n) is 9.42. The van der Waals surface area contributed by atoms with Gasteiger partial charge in [0.15, 0.2) is 0 Å². The molecule has 4 heterocycles. The molecule has 3 aromatic heterocycles. The van der Waals surface area contributed by atoms with E-state index in [1.165, 1.54) is 6.07 Å². The van der Waals surface area contributed by atoms with Crippen molar-refractivity contribution in [3.05, 3.63) is 72.4 Å². The van der Waals surface area contributed by atoms with Gasteiger partial charge in [-0.2, -0.15) is 5.26 Å². The second kappa shape index (κ2) is 9.42. The Balaban J connectivity index is 1.68. The molecule has 1 atom stereocenters. The van der Waals surface area contributed by atoms with Gasteiger partial charge in [0.05, 0.1) is 22.5 Å². The number of nitriles is 1. The molecule has 0 aliphatic carbocycles. The summed E-state index contributed by atoms with van der Waals surface area (Å²) in [6.07, 6.45) is 5.20. The molecule has 0 saturated carbocycles. The van der Waals surface area contributed by atoms with Crippen LogP contribution in [-0.2, 0) is 4.79 Å². The summed E-state index contributed by atoms with van der Waals surface area (Å²) >= 11 is 0. The zero-order chi connectivity index (χ0) is 25.4. The third-order valence-electron chi connectivity index (χ3n) is 6.69. The number of halogens is 1. The summed E-state index contributed by atoms with van der Waals surface area (Å²) in [4.78, 5) is 25.9. The number of aromatic nitrogens is 3. The van der Waals surface area contributed by atoms with Crippen LogP contribution < -0.4 is 4.90 Å². The van der Waals surface area contributed by atoms with Crippen LogP contribution in [0.5, 0.6) is 0 Å². The molecule has 0 bridgehead atoms. The van der Waals surface area contributed by atoms with Crippen molar-refractivity contribution in [3.63, 3.8) is 0 Å². The van der Waals surface area contributed by atoms with E-state index in [9.17, 15) is 10.1 Å². The fraction of sp³-hybridized carbons (Fsp3) is 0.286. The van der Waals surface area contributed by atoms with Gasteiger partial charge >= 0.3 is 0 Å². The van der Waals surface area contributed by atoms with Crippen molar-refractivity contribution >= 4 is 22.6 Å². The number of benzene rings is 1. The highest BCUT2D eigenvalue weighted by Crippen LogP contribution is 2.39. The Hall–Kier alpha value is -4.25. The van der Waals surface area contributed by atoms with Crippen LogP contribution in [0.25, 0.3) is 27.8 Å². The number of amides is 1. The third kappa shape index (κ3) is 4.07. The Kier molecular flexibility index (Phi) is 6.15. The third-order valence-corrected chi connectivity index (χ3v) is 6.69. The number of hydrogen-bond donors (Lipinski definition) is 0. The largest absolute Gasteiger partial charge is 0.350 e. The lowest BCUT2D eigenvalue weighted by Gasteiger charge is -2.41. The Labute approximate surface area is 209 Å². The Morgan fingerprint density at radius 2 is 1.89 bits per heavy atom. The molecule has 36 heavy (non-hydrogen) atoms. The lowest BCUT2D eigenvalue weighted by Crippen LogP contribution is -2.54. The Morgan fingerprint density at radius 3 is 2.61 bits per heavy atom. The Bertz CT molecular complexity index is 1490. The monoisotopic (exact) mass is 482 g/mol. The van der Waals surface area contributed by atoms with E-state index < -0.39 is 0 Å². The molecule has 1 aliphatic heterocycles. The standard InChI is InChI=1S/C28H27FN6O/c1-18(2)28(36)33-12-13-34(19(3)16-33)27-26-22(21-6-4-5-7-23(21)29)17-35(24(26)9-11-32-27)25-14-20(15-30)8-10-31-25/h4-11,14,17-19H,12-13,16H2,1-3H3/t19-/m0/s1. The van der Waals surface area contributed by atoms with Crippen molar-refractivity contribution in [1.82, 2.24) is 19.4 Å².